The highest BCUT2D eigenvalue weighted by atomic mass is 32.1. The second-order valence-electron chi connectivity index (χ2n) is 5.65. The molecule has 6 heteroatoms. The van der Waals surface area contributed by atoms with Crippen LogP contribution in [0.5, 0.6) is 0 Å². The molecule has 0 aliphatic carbocycles. The zero-order chi connectivity index (χ0) is 18.2. The molecule has 0 aliphatic heterocycles. The van der Waals surface area contributed by atoms with Crippen LogP contribution in [-0.4, -0.2) is 16.9 Å². The molecule has 0 aromatic heterocycles. The molecule has 130 valence electrons. The Kier molecular flexibility index (Phi) is 6.65. The number of rotatable bonds is 5. The zero-order valence-electron chi connectivity index (χ0n) is 14.3. The van der Waals surface area contributed by atoms with E-state index in [1.54, 1.807) is 36.4 Å². The van der Waals surface area contributed by atoms with Crippen LogP contribution in [0.2, 0.25) is 0 Å². The standard InChI is InChI=1S/C19H21N3O2S/c1-3-4-17(23)20-15-9-11-16(12-10-15)21-19(25)22-18(24)14-7-5-13(2)6-8-14/h5-12H,3-4H2,1-2H3,(H,20,23)(H2,21,22,24,25). The summed E-state index contributed by atoms with van der Waals surface area (Å²) in [6.45, 7) is 3.92. The van der Waals surface area contributed by atoms with Gasteiger partial charge in [-0.1, -0.05) is 24.6 Å². The second kappa shape index (κ2) is 8.94. The molecule has 2 amide bonds. The van der Waals surface area contributed by atoms with Gasteiger partial charge in [-0.2, -0.15) is 0 Å². The molecule has 2 aromatic rings. The molecule has 2 aromatic carbocycles. The Morgan fingerprint density at radius 1 is 0.920 bits per heavy atom. The lowest BCUT2D eigenvalue weighted by molar-refractivity contribution is -0.116. The van der Waals surface area contributed by atoms with Crippen molar-refractivity contribution in [1.82, 2.24) is 5.32 Å². The minimum Gasteiger partial charge on any atom is -0.332 e. The predicted molar refractivity (Wildman–Crippen MR) is 105 cm³/mol. The fourth-order valence-corrected chi connectivity index (χ4v) is 2.34. The van der Waals surface area contributed by atoms with Crippen LogP contribution in [0.4, 0.5) is 11.4 Å². The fourth-order valence-electron chi connectivity index (χ4n) is 2.13. The topological polar surface area (TPSA) is 70.2 Å². The molecule has 5 nitrogen and oxygen atoms in total. The van der Waals surface area contributed by atoms with E-state index in [2.05, 4.69) is 16.0 Å². The van der Waals surface area contributed by atoms with Gasteiger partial charge in [0.25, 0.3) is 5.91 Å². The first-order valence-electron chi connectivity index (χ1n) is 8.07. The number of anilines is 2. The summed E-state index contributed by atoms with van der Waals surface area (Å²) in [5.74, 6) is -0.273. The lowest BCUT2D eigenvalue weighted by atomic mass is 10.1. The van der Waals surface area contributed by atoms with Crippen molar-refractivity contribution in [1.29, 1.82) is 0 Å². The summed E-state index contributed by atoms with van der Waals surface area (Å²) in [6.07, 6.45) is 1.30. The minimum atomic E-state index is -0.263. The zero-order valence-corrected chi connectivity index (χ0v) is 15.1. The molecule has 0 fully saturated rings. The molecule has 3 N–H and O–H groups in total. The SMILES string of the molecule is CCCC(=O)Nc1ccc(NC(=S)NC(=O)c2ccc(C)cc2)cc1. The predicted octanol–water partition coefficient (Wildman–Crippen LogP) is 3.86. The van der Waals surface area contributed by atoms with Crippen molar-refractivity contribution in [3.63, 3.8) is 0 Å². The third-order valence-electron chi connectivity index (χ3n) is 3.44. The quantitative estimate of drug-likeness (QED) is 0.712. The molecular formula is C19H21N3O2S. The number of carbonyl (C=O) groups is 2. The second-order valence-corrected chi connectivity index (χ2v) is 6.06. The van der Waals surface area contributed by atoms with Gasteiger partial charge in [0.2, 0.25) is 5.91 Å². The van der Waals surface area contributed by atoms with Gasteiger partial charge in [0, 0.05) is 23.4 Å². The first kappa shape index (κ1) is 18.6. The van der Waals surface area contributed by atoms with Crippen LogP contribution in [0.3, 0.4) is 0 Å². The smallest absolute Gasteiger partial charge is 0.257 e. The largest absolute Gasteiger partial charge is 0.332 e. The number of carbonyl (C=O) groups excluding carboxylic acids is 2. The van der Waals surface area contributed by atoms with Gasteiger partial charge < -0.3 is 10.6 Å². The lowest BCUT2D eigenvalue weighted by Crippen LogP contribution is -2.34. The number of hydrogen-bond acceptors (Lipinski definition) is 3. The first-order valence-corrected chi connectivity index (χ1v) is 8.47. The van der Waals surface area contributed by atoms with E-state index < -0.39 is 0 Å². The first-order chi connectivity index (χ1) is 12.0. The van der Waals surface area contributed by atoms with Crippen molar-refractivity contribution in [3.8, 4) is 0 Å². The van der Waals surface area contributed by atoms with Crippen LogP contribution in [-0.2, 0) is 4.79 Å². The molecule has 0 atom stereocenters. The Hall–Kier alpha value is -2.73. The number of aryl methyl sites for hydroxylation is 1. The Morgan fingerprint density at radius 3 is 2.04 bits per heavy atom. The number of thiocarbonyl (C=S) groups is 1. The van der Waals surface area contributed by atoms with Crippen LogP contribution in [0, 0.1) is 6.92 Å². The van der Waals surface area contributed by atoms with Crippen molar-refractivity contribution < 1.29 is 9.59 Å². The monoisotopic (exact) mass is 355 g/mol. The van der Waals surface area contributed by atoms with Crippen molar-refractivity contribution in [2.24, 2.45) is 0 Å². The van der Waals surface area contributed by atoms with Gasteiger partial charge in [0.1, 0.15) is 0 Å². The van der Waals surface area contributed by atoms with E-state index in [1.807, 2.05) is 26.0 Å². The van der Waals surface area contributed by atoms with Crippen LogP contribution in [0.1, 0.15) is 35.7 Å². The molecule has 0 radical (unpaired) electrons. The summed E-state index contributed by atoms with van der Waals surface area (Å²) < 4.78 is 0. The number of benzene rings is 2. The van der Waals surface area contributed by atoms with Crippen LogP contribution in [0.25, 0.3) is 0 Å². The van der Waals surface area contributed by atoms with Gasteiger partial charge in [-0.25, -0.2) is 0 Å². The summed E-state index contributed by atoms with van der Waals surface area (Å²) in [7, 11) is 0. The average Bonchev–Trinajstić information content (AvgIpc) is 2.57. The van der Waals surface area contributed by atoms with Gasteiger partial charge in [-0.3, -0.25) is 14.9 Å². The molecule has 0 bridgehead atoms. The summed E-state index contributed by atoms with van der Waals surface area (Å²) >= 11 is 5.16. The van der Waals surface area contributed by atoms with Gasteiger partial charge >= 0.3 is 0 Å². The molecule has 0 aliphatic rings. The van der Waals surface area contributed by atoms with Gasteiger partial charge in [0.15, 0.2) is 5.11 Å². The minimum absolute atomic E-state index is 0.0101. The molecule has 0 saturated carbocycles. The van der Waals surface area contributed by atoms with E-state index in [-0.39, 0.29) is 16.9 Å². The van der Waals surface area contributed by atoms with Crippen molar-refractivity contribution in [2.45, 2.75) is 26.7 Å². The number of hydrogen-bond donors (Lipinski definition) is 3. The highest BCUT2D eigenvalue weighted by Gasteiger charge is 2.08. The van der Waals surface area contributed by atoms with Gasteiger partial charge in [0.05, 0.1) is 0 Å². The maximum atomic E-state index is 12.1. The fraction of sp³-hybridized carbons (Fsp3) is 0.211. The molecule has 25 heavy (non-hydrogen) atoms. The highest BCUT2D eigenvalue weighted by Crippen LogP contribution is 2.14. The van der Waals surface area contributed by atoms with E-state index >= 15 is 0 Å². The van der Waals surface area contributed by atoms with Gasteiger partial charge in [-0.05, 0) is 62.0 Å². The molecule has 0 unspecified atom stereocenters. The van der Waals surface area contributed by atoms with Gasteiger partial charge in [-0.15, -0.1) is 0 Å². The molecule has 0 heterocycles. The van der Waals surface area contributed by atoms with Crippen molar-refractivity contribution >= 4 is 40.5 Å². The third kappa shape index (κ3) is 6.00. The van der Waals surface area contributed by atoms with Crippen LogP contribution < -0.4 is 16.0 Å². The highest BCUT2D eigenvalue weighted by molar-refractivity contribution is 7.80. The average molecular weight is 355 g/mol. The molecule has 0 spiro atoms. The number of nitrogens with one attached hydrogen (secondary N) is 3. The van der Waals surface area contributed by atoms with Crippen LogP contribution >= 0.6 is 12.2 Å². The molecule has 2 rings (SSSR count). The maximum Gasteiger partial charge on any atom is 0.257 e. The normalized spacial score (nSPS) is 10.0. The Morgan fingerprint density at radius 2 is 1.48 bits per heavy atom. The maximum absolute atomic E-state index is 12.1. The summed E-state index contributed by atoms with van der Waals surface area (Å²) in [5.41, 5.74) is 3.08. The summed E-state index contributed by atoms with van der Waals surface area (Å²) in [5, 5.41) is 8.61. The number of amides is 2. The summed E-state index contributed by atoms with van der Waals surface area (Å²) in [4.78, 5) is 23.7. The van der Waals surface area contributed by atoms with E-state index in [1.165, 1.54) is 0 Å². The van der Waals surface area contributed by atoms with Crippen molar-refractivity contribution in [2.75, 3.05) is 10.6 Å². The summed E-state index contributed by atoms with van der Waals surface area (Å²) in [6, 6.07) is 14.4. The Bertz CT molecular complexity index is 755. The Labute approximate surface area is 152 Å². The van der Waals surface area contributed by atoms with E-state index in [0.717, 1.165) is 23.4 Å². The third-order valence-corrected chi connectivity index (χ3v) is 3.65. The van der Waals surface area contributed by atoms with E-state index in [9.17, 15) is 9.59 Å². The van der Waals surface area contributed by atoms with E-state index in [0.29, 0.717) is 12.0 Å². The Balaban J connectivity index is 1.88. The van der Waals surface area contributed by atoms with E-state index in [4.69, 9.17) is 12.2 Å². The molecule has 0 saturated heterocycles. The molecular weight excluding hydrogens is 334 g/mol. The lowest BCUT2D eigenvalue weighted by Gasteiger charge is -2.11. The van der Waals surface area contributed by atoms with Crippen molar-refractivity contribution in [3.05, 3.63) is 59.7 Å². The van der Waals surface area contributed by atoms with Crippen LogP contribution in [0.15, 0.2) is 48.5 Å².